The van der Waals surface area contributed by atoms with Crippen LogP contribution in [0.2, 0.25) is 5.28 Å². The molecule has 2 aromatic heterocycles. The first-order valence-corrected chi connectivity index (χ1v) is 12.2. The molecular weight excluding hydrogens is 452 g/mol. The highest BCUT2D eigenvalue weighted by Crippen LogP contribution is 2.31. The first-order chi connectivity index (χ1) is 16.1. The Hall–Kier alpha value is -2.80. The van der Waals surface area contributed by atoms with Gasteiger partial charge in [0, 0.05) is 37.3 Å². The van der Waals surface area contributed by atoms with Gasteiger partial charge in [0.2, 0.25) is 5.28 Å². The summed E-state index contributed by atoms with van der Waals surface area (Å²) in [5, 5.41) is 1.21. The van der Waals surface area contributed by atoms with Gasteiger partial charge in [-0.2, -0.15) is 4.98 Å². The zero-order valence-electron chi connectivity index (χ0n) is 20.6. The van der Waals surface area contributed by atoms with Crippen molar-refractivity contribution in [3.05, 3.63) is 41.3 Å². The summed E-state index contributed by atoms with van der Waals surface area (Å²) in [6.07, 6.45) is 4.66. The lowest BCUT2D eigenvalue weighted by Gasteiger charge is -2.33. The van der Waals surface area contributed by atoms with Crippen molar-refractivity contribution >= 4 is 28.7 Å². The van der Waals surface area contributed by atoms with E-state index in [0.717, 1.165) is 66.0 Å². The highest BCUT2D eigenvalue weighted by atomic mass is 35.5. The zero-order valence-corrected chi connectivity index (χ0v) is 21.4. The topological polar surface area (TPSA) is 69.5 Å². The van der Waals surface area contributed by atoms with E-state index in [1.54, 1.807) is 0 Å². The van der Waals surface area contributed by atoms with Gasteiger partial charge in [-0.15, -0.1) is 0 Å². The van der Waals surface area contributed by atoms with Gasteiger partial charge in [-0.25, -0.2) is 9.78 Å². The van der Waals surface area contributed by atoms with Gasteiger partial charge in [0.1, 0.15) is 17.0 Å². The van der Waals surface area contributed by atoms with Crippen LogP contribution in [0.3, 0.4) is 0 Å². The fraction of sp³-hybridized carbons (Fsp3) is 0.500. The van der Waals surface area contributed by atoms with Crippen LogP contribution in [0.4, 0.5) is 4.79 Å². The fourth-order valence-electron chi connectivity index (χ4n) is 4.36. The number of carbonyl (C=O) groups is 1. The molecule has 1 aromatic carbocycles. The smallest absolute Gasteiger partial charge is 0.410 e. The third kappa shape index (κ3) is 5.63. The van der Waals surface area contributed by atoms with Crippen LogP contribution >= 0.6 is 11.6 Å². The minimum absolute atomic E-state index is 0.212. The van der Waals surface area contributed by atoms with E-state index in [9.17, 15) is 4.79 Å². The minimum Gasteiger partial charge on any atom is -0.493 e. The molecule has 4 rings (SSSR count). The lowest BCUT2D eigenvalue weighted by atomic mass is 9.94. The van der Waals surface area contributed by atoms with Crippen molar-refractivity contribution < 1.29 is 14.3 Å². The number of benzene rings is 1. The Morgan fingerprint density at radius 3 is 2.59 bits per heavy atom. The number of aryl methyl sites for hydroxylation is 2. The molecule has 1 saturated heterocycles. The van der Waals surface area contributed by atoms with Crippen molar-refractivity contribution in [2.24, 2.45) is 13.0 Å². The molecule has 0 radical (unpaired) electrons. The average Bonchev–Trinajstić information content (AvgIpc) is 3.14. The maximum atomic E-state index is 12.2. The lowest BCUT2D eigenvalue weighted by molar-refractivity contribution is 0.0177. The Morgan fingerprint density at radius 1 is 1.18 bits per heavy atom. The van der Waals surface area contributed by atoms with Crippen LogP contribution in [0.25, 0.3) is 22.3 Å². The summed E-state index contributed by atoms with van der Waals surface area (Å²) in [6.45, 7) is 9.87. The largest absolute Gasteiger partial charge is 0.493 e. The van der Waals surface area contributed by atoms with Crippen LogP contribution in [-0.4, -0.2) is 50.8 Å². The molecule has 1 aliphatic rings. The van der Waals surface area contributed by atoms with Crippen molar-refractivity contribution in [3.63, 3.8) is 0 Å². The molecule has 8 heteroatoms. The van der Waals surface area contributed by atoms with Crippen molar-refractivity contribution in [2.45, 2.75) is 52.6 Å². The van der Waals surface area contributed by atoms with Crippen LogP contribution in [-0.2, 0) is 11.8 Å². The van der Waals surface area contributed by atoms with Gasteiger partial charge in [0.15, 0.2) is 0 Å². The Bertz CT molecular complexity index is 1180. The third-order valence-corrected chi connectivity index (χ3v) is 6.36. The number of rotatable bonds is 5. The van der Waals surface area contributed by atoms with E-state index in [-0.39, 0.29) is 11.4 Å². The van der Waals surface area contributed by atoms with Crippen LogP contribution in [0.15, 0.2) is 30.5 Å². The molecule has 1 fully saturated rings. The van der Waals surface area contributed by atoms with E-state index in [0.29, 0.717) is 12.5 Å². The first-order valence-electron chi connectivity index (χ1n) is 11.8. The summed E-state index contributed by atoms with van der Waals surface area (Å²) in [5.41, 5.74) is 3.21. The molecule has 3 heterocycles. The molecule has 0 unspecified atom stereocenters. The quantitative estimate of drug-likeness (QED) is 0.414. The lowest BCUT2D eigenvalue weighted by Crippen LogP contribution is -2.41. The number of piperidine rings is 1. The second kappa shape index (κ2) is 9.82. The van der Waals surface area contributed by atoms with Gasteiger partial charge in [-0.05, 0) is 94.3 Å². The van der Waals surface area contributed by atoms with Gasteiger partial charge in [-0.3, -0.25) is 0 Å². The SMILES string of the molecule is Cc1cc(-c2nc(Cl)nc3c2ccn3C)ccc1OCCC1CCN(C(=O)OC(C)(C)C)CC1. The molecule has 34 heavy (non-hydrogen) atoms. The summed E-state index contributed by atoms with van der Waals surface area (Å²) in [5.74, 6) is 1.42. The van der Waals surface area contributed by atoms with Gasteiger partial charge < -0.3 is 18.9 Å². The van der Waals surface area contributed by atoms with Crippen LogP contribution in [0, 0.1) is 12.8 Å². The molecule has 3 aromatic rings. The summed E-state index contributed by atoms with van der Waals surface area (Å²) >= 11 is 6.18. The van der Waals surface area contributed by atoms with Crippen molar-refractivity contribution in [3.8, 4) is 17.0 Å². The minimum atomic E-state index is -0.456. The number of fused-ring (bicyclic) bond motifs is 1. The Morgan fingerprint density at radius 2 is 1.91 bits per heavy atom. The van der Waals surface area contributed by atoms with Crippen molar-refractivity contribution in [1.82, 2.24) is 19.4 Å². The van der Waals surface area contributed by atoms with Gasteiger partial charge in [-0.1, -0.05) is 0 Å². The first kappa shape index (κ1) is 24.3. The Labute approximate surface area is 206 Å². The highest BCUT2D eigenvalue weighted by Gasteiger charge is 2.26. The summed E-state index contributed by atoms with van der Waals surface area (Å²) in [7, 11) is 1.94. The molecule has 0 atom stereocenters. The number of aromatic nitrogens is 3. The molecule has 0 saturated carbocycles. The zero-order chi connectivity index (χ0) is 24.5. The summed E-state index contributed by atoms with van der Waals surface area (Å²) < 4.78 is 13.5. The van der Waals surface area contributed by atoms with Crippen LogP contribution in [0.1, 0.15) is 45.6 Å². The second-order valence-electron chi connectivity index (χ2n) is 10.0. The Balaban J connectivity index is 1.32. The number of hydrogen-bond donors (Lipinski definition) is 0. The highest BCUT2D eigenvalue weighted by molar-refractivity contribution is 6.28. The monoisotopic (exact) mass is 484 g/mol. The normalized spacial score (nSPS) is 15.1. The van der Waals surface area contributed by atoms with Crippen LogP contribution in [0.5, 0.6) is 5.75 Å². The Kier molecular flexibility index (Phi) is 7.03. The fourth-order valence-corrected chi connectivity index (χ4v) is 4.52. The maximum Gasteiger partial charge on any atom is 0.410 e. The van der Waals surface area contributed by atoms with Gasteiger partial charge in [0.05, 0.1) is 12.3 Å². The summed E-state index contributed by atoms with van der Waals surface area (Å²) in [6, 6.07) is 8.11. The molecular formula is C26H33ClN4O3. The predicted molar refractivity (Wildman–Crippen MR) is 134 cm³/mol. The van der Waals surface area contributed by atoms with E-state index in [2.05, 4.69) is 16.0 Å². The average molecular weight is 485 g/mol. The molecule has 1 amide bonds. The molecule has 0 aliphatic carbocycles. The number of carbonyl (C=O) groups excluding carboxylic acids is 1. The van der Waals surface area contributed by atoms with Gasteiger partial charge >= 0.3 is 6.09 Å². The molecule has 7 nitrogen and oxygen atoms in total. The molecule has 0 N–H and O–H groups in total. The molecule has 0 spiro atoms. The van der Waals surface area contributed by atoms with E-state index in [1.807, 2.05) is 68.6 Å². The number of hydrogen-bond acceptors (Lipinski definition) is 5. The number of nitrogens with zero attached hydrogens (tertiary/aromatic N) is 4. The number of halogens is 1. The van der Waals surface area contributed by atoms with E-state index >= 15 is 0 Å². The third-order valence-electron chi connectivity index (χ3n) is 6.20. The van der Waals surface area contributed by atoms with Gasteiger partial charge in [0.25, 0.3) is 0 Å². The van der Waals surface area contributed by atoms with Crippen LogP contribution < -0.4 is 4.74 Å². The van der Waals surface area contributed by atoms with E-state index < -0.39 is 5.60 Å². The second-order valence-corrected chi connectivity index (χ2v) is 10.4. The number of likely N-dealkylation sites (tertiary alicyclic amines) is 1. The molecule has 1 aliphatic heterocycles. The predicted octanol–water partition coefficient (Wildman–Crippen LogP) is 6.01. The number of amides is 1. The number of ether oxygens (including phenoxy) is 2. The van der Waals surface area contributed by atoms with Crippen molar-refractivity contribution in [2.75, 3.05) is 19.7 Å². The van der Waals surface area contributed by atoms with E-state index in [1.165, 1.54) is 0 Å². The van der Waals surface area contributed by atoms with E-state index in [4.69, 9.17) is 21.1 Å². The maximum absolute atomic E-state index is 12.2. The standard InChI is InChI=1S/C26H33ClN4O3/c1-17-16-19(22-20-10-12-30(5)23(20)29-24(27)28-22)6-7-21(17)33-15-11-18-8-13-31(14-9-18)25(32)34-26(2,3)4/h6-7,10,12,16,18H,8-9,11,13-15H2,1-5H3. The van der Waals surface area contributed by atoms with Crippen molar-refractivity contribution in [1.29, 1.82) is 0 Å². The molecule has 182 valence electrons. The summed E-state index contributed by atoms with van der Waals surface area (Å²) in [4.78, 5) is 22.9. The molecule has 0 bridgehead atoms.